The van der Waals surface area contributed by atoms with Gasteiger partial charge in [0.1, 0.15) is 10.6 Å². The van der Waals surface area contributed by atoms with Crippen LogP contribution in [0.1, 0.15) is 20.7 Å². The van der Waals surface area contributed by atoms with Crippen molar-refractivity contribution in [3.63, 3.8) is 0 Å². The van der Waals surface area contributed by atoms with E-state index in [0.29, 0.717) is 12.0 Å². The van der Waals surface area contributed by atoms with E-state index in [2.05, 4.69) is 45.4 Å². The predicted octanol–water partition coefficient (Wildman–Crippen LogP) is 8.73. The second kappa shape index (κ2) is 16.7. The predicted molar refractivity (Wildman–Crippen MR) is 229 cm³/mol. The number of nitrogens with zero attached hydrogens (tertiary/aromatic N) is 6. The zero-order valence-electron chi connectivity index (χ0n) is 31.9. The number of benzene rings is 7. The molecular formula is C38H24N8O15S4. The zero-order valence-corrected chi connectivity index (χ0v) is 35.2. The van der Waals surface area contributed by atoms with Crippen LogP contribution in [0.3, 0.4) is 0 Å². The van der Waals surface area contributed by atoms with Crippen molar-refractivity contribution in [2.75, 3.05) is 5.73 Å². The van der Waals surface area contributed by atoms with Crippen LogP contribution in [0, 0.1) is 0 Å². The molecule has 23 nitrogen and oxygen atoms in total. The number of hydrogen-bond acceptors (Lipinski definition) is 20. The van der Waals surface area contributed by atoms with Gasteiger partial charge >= 0.3 is 0 Å². The highest BCUT2D eigenvalue weighted by Crippen LogP contribution is 2.46. The summed E-state index contributed by atoms with van der Waals surface area (Å²) in [5.41, 5.74) is 5.80. The Labute approximate surface area is 368 Å². The summed E-state index contributed by atoms with van der Waals surface area (Å²) in [6, 6.07) is 20.1. The van der Waals surface area contributed by atoms with Gasteiger partial charge in [-0.3, -0.25) is 28.6 Å². The molecule has 0 saturated heterocycles. The monoisotopic (exact) mass is 960 g/mol. The molecule has 0 atom stereocenters. The lowest BCUT2D eigenvalue weighted by Crippen LogP contribution is -2.19. The van der Waals surface area contributed by atoms with E-state index in [4.69, 9.17) is 11.0 Å². The Morgan fingerprint density at radius 2 is 1.08 bits per heavy atom. The van der Waals surface area contributed by atoms with Crippen LogP contribution < -0.4 is 11.1 Å². The van der Waals surface area contributed by atoms with Gasteiger partial charge in [0.25, 0.3) is 42.2 Å². The SMILES string of the molecule is Nc1cc2c(O)c(/N=N/c3ccc(/N=N/c4ccc(/N=N/c5ccc6c(c5)C(=O)NC6=O)c5ccc(S(=O)(=O)O)cc45)c4ccc(S(=O)(=O)O)cc34)c(SOOO)cc2cc1S(=O)(=O)O. The van der Waals surface area contributed by atoms with Crippen molar-refractivity contribution in [1.82, 2.24) is 5.32 Å². The third kappa shape index (κ3) is 8.86. The molecule has 1 heterocycles. The topological polar surface area (TPSA) is 368 Å². The van der Waals surface area contributed by atoms with E-state index in [1.54, 1.807) is 0 Å². The van der Waals surface area contributed by atoms with Gasteiger partial charge in [0.05, 0.1) is 72.0 Å². The molecule has 0 bridgehead atoms. The molecule has 0 radical (unpaired) electrons. The van der Waals surface area contributed by atoms with Crippen molar-refractivity contribution in [2.24, 2.45) is 30.7 Å². The molecule has 27 heteroatoms. The summed E-state index contributed by atoms with van der Waals surface area (Å²) in [5.74, 6) is -1.79. The first-order chi connectivity index (χ1) is 30.7. The molecule has 8 rings (SSSR count). The van der Waals surface area contributed by atoms with E-state index < -0.39 is 68.3 Å². The van der Waals surface area contributed by atoms with Crippen LogP contribution in [0.15, 0.2) is 147 Å². The third-order valence-corrected chi connectivity index (χ3v) is 12.8. The molecule has 65 heavy (non-hydrogen) atoms. The number of azo groups is 3. The van der Waals surface area contributed by atoms with E-state index in [0.717, 1.165) is 36.4 Å². The van der Waals surface area contributed by atoms with Gasteiger partial charge in [0, 0.05) is 26.9 Å². The van der Waals surface area contributed by atoms with Gasteiger partial charge in [0.2, 0.25) is 0 Å². The number of phenols is 1. The number of anilines is 1. The van der Waals surface area contributed by atoms with E-state index >= 15 is 0 Å². The first-order valence-corrected chi connectivity index (χ1v) is 22.8. The normalized spacial score (nSPS) is 13.6. The van der Waals surface area contributed by atoms with Gasteiger partial charge in [-0.15, -0.1) is 29.9 Å². The summed E-state index contributed by atoms with van der Waals surface area (Å²) >= 11 is 0.304. The highest BCUT2D eigenvalue weighted by molar-refractivity contribution is 7.94. The van der Waals surface area contributed by atoms with Gasteiger partial charge in [-0.25, -0.2) is 5.26 Å². The fourth-order valence-corrected chi connectivity index (χ4v) is 8.77. The van der Waals surface area contributed by atoms with Crippen molar-refractivity contribution < 1.29 is 68.2 Å². The summed E-state index contributed by atoms with van der Waals surface area (Å²) in [4.78, 5) is 22.3. The summed E-state index contributed by atoms with van der Waals surface area (Å²) in [6.45, 7) is 0. The highest BCUT2D eigenvalue weighted by atomic mass is 32.2. The van der Waals surface area contributed by atoms with Crippen LogP contribution in [-0.4, -0.2) is 61.1 Å². The number of nitrogens with two attached hydrogens (primary N) is 1. The van der Waals surface area contributed by atoms with Crippen molar-refractivity contribution in [2.45, 2.75) is 19.6 Å². The molecule has 8 N–H and O–H groups in total. The lowest BCUT2D eigenvalue weighted by molar-refractivity contribution is -0.432. The Balaban J connectivity index is 1.22. The summed E-state index contributed by atoms with van der Waals surface area (Å²) < 4.78 is 107. The Hall–Kier alpha value is -7.18. The number of carbonyl (C=O) groups is 2. The van der Waals surface area contributed by atoms with E-state index in [-0.39, 0.29) is 82.5 Å². The fourth-order valence-electron chi connectivity index (χ4n) is 6.63. The molecule has 1 aliphatic heterocycles. The van der Waals surface area contributed by atoms with Gasteiger partial charge in [-0.05, 0) is 90.3 Å². The third-order valence-electron chi connectivity index (χ3n) is 9.61. The van der Waals surface area contributed by atoms with Crippen molar-refractivity contribution in [3.8, 4) is 5.75 Å². The van der Waals surface area contributed by atoms with Gasteiger partial charge in [-0.2, -0.15) is 30.4 Å². The molecule has 0 aliphatic carbocycles. The maximum absolute atomic E-state index is 12.2. The molecule has 0 saturated carbocycles. The van der Waals surface area contributed by atoms with Crippen LogP contribution in [0.2, 0.25) is 0 Å². The number of imide groups is 1. The molecular weight excluding hydrogens is 937 g/mol. The number of hydrogen-bond donors (Lipinski definition) is 7. The quantitative estimate of drug-likeness (QED) is 0.0114. The lowest BCUT2D eigenvalue weighted by Gasteiger charge is -2.12. The lowest BCUT2D eigenvalue weighted by atomic mass is 10.1. The average molecular weight is 961 g/mol. The molecule has 2 amide bonds. The largest absolute Gasteiger partial charge is 0.505 e. The minimum atomic E-state index is -4.80. The number of nitrogens with one attached hydrogen (secondary N) is 1. The van der Waals surface area contributed by atoms with Crippen LogP contribution in [-0.2, 0) is 39.7 Å². The second-order valence-electron chi connectivity index (χ2n) is 13.6. The summed E-state index contributed by atoms with van der Waals surface area (Å²) in [6.07, 6.45) is 0. The second-order valence-corrected chi connectivity index (χ2v) is 18.5. The number of carbonyl (C=O) groups excluding carboxylic acids is 2. The fraction of sp³-hybridized carbons (Fsp3) is 0. The van der Waals surface area contributed by atoms with E-state index in [1.165, 1.54) is 60.7 Å². The van der Waals surface area contributed by atoms with Gasteiger partial charge < -0.3 is 10.8 Å². The van der Waals surface area contributed by atoms with Crippen LogP contribution in [0.5, 0.6) is 5.75 Å². The van der Waals surface area contributed by atoms with Crippen LogP contribution in [0.4, 0.5) is 39.8 Å². The Kier molecular flexibility index (Phi) is 11.4. The molecule has 0 fully saturated rings. The number of aromatic hydroxyl groups is 1. The standard InChI is InChI=1S/C38H24N8O15S4/c39-28-16-24-17(12-34(28)65(57,58)59)11-33(62-61-60-50)35(36(24)47)46-45-32-10-8-30(22-6-3-20(15-26(22)32)64(54,55)56)43-44-31-9-7-29(21-5-2-19(14-25(21)31)63(51,52)53)42-41-18-1-4-23-27(13-18)38(49)40-37(23)48/h1-16,47,50H,39H2,(H,40,48,49)(H,51,52,53)(H,54,55,56)(H,57,58,59)/b42-41+,44-43+,46-45+. The average Bonchev–Trinajstić information content (AvgIpc) is 3.54. The van der Waals surface area contributed by atoms with Crippen LogP contribution in [0.25, 0.3) is 32.3 Å². The number of nitrogen functional groups attached to an aromatic ring is 1. The van der Waals surface area contributed by atoms with Gasteiger partial charge in [0.15, 0.2) is 5.75 Å². The van der Waals surface area contributed by atoms with Crippen LogP contribution >= 0.6 is 12.0 Å². The molecule has 7 aromatic rings. The Morgan fingerprint density at radius 3 is 1.62 bits per heavy atom. The summed E-state index contributed by atoms with van der Waals surface area (Å²) in [5, 5.41) is 51.9. The zero-order chi connectivity index (χ0) is 46.6. The summed E-state index contributed by atoms with van der Waals surface area (Å²) in [7, 11) is -14.3. The van der Waals surface area contributed by atoms with Crippen molar-refractivity contribution in [3.05, 3.63) is 108 Å². The first-order valence-electron chi connectivity index (χ1n) is 17.8. The maximum atomic E-state index is 12.2. The Bertz CT molecular complexity index is 3680. The number of phenolic OH excluding ortho intramolecular Hbond substituents is 1. The number of rotatable bonds is 12. The highest BCUT2D eigenvalue weighted by Gasteiger charge is 2.27. The molecule has 0 unspecified atom stereocenters. The smallest absolute Gasteiger partial charge is 0.296 e. The molecule has 7 aromatic carbocycles. The molecule has 330 valence electrons. The van der Waals surface area contributed by atoms with E-state index in [1.807, 2.05) is 0 Å². The van der Waals surface area contributed by atoms with Crippen molar-refractivity contribution in [1.29, 1.82) is 0 Å². The molecule has 0 aromatic heterocycles. The number of amides is 2. The Morgan fingerprint density at radius 1 is 0.554 bits per heavy atom. The molecule has 1 aliphatic rings. The first kappa shape index (κ1) is 44.4. The minimum Gasteiger partial charge on any atom is -0.505 e. The minimum absolute atomic E-state index is 0.00877. The number of fused-ring (bicyclic) bond motifs is 4. The van der Waals surface area contributed by atoms with E-state index in [9.17, 15) is 53.6 Å². The van der Waals surface area contributed by atoms with Gasteiger partial charge in [-0.1, -0.05) is 17.2 Å². The van der Waals surface area contributed by atoms with Crippen molar-refractivity contribution >= 4 is 126 Å². The maximum Gasteiger partial charge on any atom is 0.296 e. The molecule has 0 spiro atoms.